The molecule has 1 aliphatic rings. The lowest BCUT2D eigenvalue weighted by molar-refractivity contribution is -0.127. The lowest BCUT2D eigenvalue weighted by Gasteiger charge is -2.24. The molecule has 3 rings (SSSR count). The Balaban J connectivity index is 1.55. The van der Waals surface area contributed by atoms with Crippen LogP contribution in [0.15, 0.2) is 24.3 Å². The molecule has 24 heavy (non-hydrogen) atoms. The molecule has 1 saturated carbocycles. The van der Waals surface area contributed by atoms with E-state index in [0.717, 1.165) is 35.7 Å². The summed E-state index contributed by atoms with van der Waals surface area (Å²) in [5, 5.41) is 16.5. The molecular weight excluding hydrogens is 300 g/mol. The molecule has 124 valence electrons. The van der Waals surface area contributed by atoms with Crippen LogP contribution < -0.4 is 10.6 Å². The quantitative estimate of drug-likeness (QED) is 0.801. The molecule has 1 heterocycles. The van der Waals surface area contributed by atoms with Gasteiger partial charge in [-0.2, -0.15) is 5.26 Å². The molecule has 0 saturated heterocycles. The maximum Gasteiger partial charge on any atom is 0.223 e. The first-order chi connectivity index (χ1) is 11.7. The van der Waals surface area contributed by atoms with E-state index in [9.17, 15) is 10.1 Å². The summed E-state index contributed by atoms with van der Waals surface area (Å²) in [4.78, 5) is 16.3. The van der Waals surface area contributed by atoms with Crippen LogP contribution in [-0.4, -0.2) is 24.0 Å². The van der Waals surface area contributed by atoms with Crippen LogP contribution in [0.25, 0.3) is 10.9 Å². The van der Waals surface area contributed by atoms with E-state index in [1.54, 1.807) is 0 Å². The Morgan fingerprint density at radius 3 is 2.88 bits per heavy atom. The number of carbonyl (C=O) groups is 1. The van der Waals surface area contributed by atoms with Crippen molar-refractivity contribution in [1.29, 1.82) is 5.26 Å². The highest BCUT2D eigenvalue weighted by molar-refractivity contribution is 5.83. The number of amides is 1. The van der Waals surface area contributed by atoms with Crippen LogP contribution in [0, 0.1) is 24.2 Å². The zero-order valence-electron chi connectivity index (χ0n) is 13.9. The van der Waals surface area contributed by atoms with Crippen LogP contribution in [0.1, 0.15) is 36.8 Å². The van der Waals surface area contributed by atoms with Gasteiger partial charge in [0.25, 0.3) is 0 Å². The minimum Gasteiger partial charge on any atom is -0.369 e. The van der Waals surface area contributed by atoms with E-state index in [1.165, 1.54) is 6.42 Å². The smallest absolute Gasteiger partial charge is 0.223 e. The number of nitrogens with zero attached hydrogens (tertiary/aromatic N) is 2. The van der Waals surface area contributed by atoms with Gasteiger partial charge in [0.1, 0.15) is 11.9 Å². The maximum absolute atomic E-state index is 11.7. The fraction of sp³-hybridized carbons (Fsp3) is 0.421. The number of nitriles is 1. The van der Waals surface area contributed by atoms with Crippen molar-refractivity contribution in [2.45, 2.75) is 32.6 Å². The Morgan fingerprint density at radius 2 is 2.17 bits per heavy atom. The number of aromatic nitrogens is 1. The molecule has 0 aliphatic heterocycles. The van der Waals surface area contributed by atoms with Crippen molar-refractivity contribution < 1.29 is 4.79 Å². The molecule has 0 unspecified atom stereocenters. The summed E-state index contributed by atoms with van der Waals surface area (Å²) in [6.07, 6.45) is 4.02. The molecule has 5 heteroatoms. The van der Waals surface area contributed by atoms with Crippen LogP contribution in [-0.2, 0) is 4.79 Å². The van der Waals surface area contributed by atoms with E-state index in [1.807, 2.05) is 31.2 Å². The molecule has 2 N–H and O–H groups in total. The third-order valence-electron chi connectivity index (χ3n) is 4.51. The molecule has 1 aliphatic carbocycles. The Kier molecular flexibility index (Phi) is 4.95. The summed E-state index contributed by atoms with van der Waals surface area (Å²) < 4.78 is 0. The highest BCUT2D eigenvalue weighted by Gasteiger charge is 2.24. The maximum atomic E-state index is 11.7. The van der Waals surface area contributed by atoms with E-state index in [-0.39, 0.29) is 11.8 Å². The Morgan fingerprint density at radius 1 is 1.33 bits per heavy atom. The van der Waals surface area contributed by atoms with Gasteiger partial charge in [-0.1, -0.05) is 18.1 Å². The van der Waals surface area contributed by atoms with Gasteiger partial charge in [-0.25, -0.2) is 4.98 Å². The second-order valence-electron chi connectivity index (χ2n) is 6.39. The summed E-state index contributed by atoms with van der Waals surface area (Å²) in [6, 6.07) is 10.1. The average molecular weight is 322 g/mol. The minimum absolute atomic E-state index is 0.179. The molecule has 2 aromatic rings. The van der Waals surface area contributed by atoms with Crippen LogP contribution >= 0.6 is 0 Å². The summed E-state index contributed by atoms with van der Waals surface area (Å²) in [5.41, 5.74) is 2.57. The van der Waals surface area contributed by atoms with Crippen molar-refractivity contribution >= 4 is 22.6 Å². The fourth-order valence-electron chi connectivity index (χ4n) is 2.84. The standard InChI is InChI=1S/C19H22N4O/c1-13-6-7-17-15(10-13)11-16(12-20)18(23-17)21-8-3-9-22-19(24)14-4-2-5-14/h6-7,10-11,14H,2-5,8-9H2,1H3,(H,21,23)(H,22,24). The first-order valence-electron chi connectivity index (χ1n) is 8.50. The van der Waals surface area contributed by atoms with Crippen LogP contribution in [0.3, 0.4) is 0 Å². The molecule has 1 aromatic heterocycles. The first kappa shape index (κ1) is 16.3. The average Bonchev–Trinajstić information content (AvgIpc) is 2.52. The van der Waals surface area contributed by atoms with Gasteiger partial charge in [0.05, 0.1) is 11.1 Å². The number of fused-ring (bicyclic) bond motifs is 1. The summed E-state index contributed by atoms with van der Waals surface area (Å²) in [6.45, 7) is 3.34. The molecule has 0 bridgehead atoms. The molecule has 1 amide bonds. The number of nitrogens with one attached hydrogen (secondary N) is 2. The highest BCUT2D eigenvalue weighted by atomic mass is 16.1. The van der Waals surface area contributed by atoms with Crippen molar-refractivity contribution in [2.75, 3.05) is 18.4 Å². The van der Waals surface area contributed by atoms with E-state index in [4.69, 9.17) is 0 Å². The lowest BCUT2D eigenvalue weighted by atomic mass is 9.85. The number of hydrogen-bond acceptors (Lipinski definition) is 4. The second kappa shape index (κ2) is 7.31. The number of pyridine rings is 1. The predicted octanol–water partition coefficient (Wildman–Crippen LogP) is 3.13. The number of rotatable bonds is 6. The van der Waals surface area contributed by atoms with Crippen molar-refractivity contribution in [3.63, 3.8) is 0 Å². The van der Waals surface area contributed by atoms with Gasteiger partial charge in [-0.15, -0.1) is 0 Å². The number of hydrogen-bond donors (Lipinski definition) is 2. The van der Waals surface area contributed by atoms with Gasteiger partial charge in [0, 0.05) is 24.4 Å². The zero-order valence-corrected chi connectivity index (χ0v) is 13.9. The SMILES string of the molecule is Cc1ccc2nc(NCCCNC(=O)C3CCC3)c(C#N)cc2c1. The fourth-order valence-corrected chi connectivity index (χ4v) is 2.84. The minimum atomic E-state index is 0.179. The molecule has 1 aromatic carbocycles. The van der Waals surface area contributed by atoms with Gasteiger partial charge >= 0.3 is 0 Å². The molecule has 0 radical (unpaired) electrons. The third-order valence-corrected chi connectivity index (χ3v) is 4.51. The van der Waals surface area contributed by atoms with Gasteiger partial charge < -0.3 is 10.6 Å². The van der Waals surface area contributed by atoms with Crippen molar-refractivity contribution in [1.82, 2.24) is 10.3 Å². The summed E-state index contributed by atoms with van der Waals surface area (Å²) >= 11 is 0. The van der Waals surface area contributed by atoms with Crippen molar-refractivity contribution in [3.8, 4) is 6.07 Å². The van der Waals surface area contributed by atoms with E-state index < -0.39 is 0 Å². The number of carbonyl (C=O) groups excluding carboxylic acids is 1. The molecule has 0 spiro atoms. The van der Waals surface area contributed by atoms with E-state index in [0.29, 0.717) is 24.5 Å². The van der Waals surface area contributed by atoms with Crippen molar-refractivity contribution in [3.05, 3.63) is 35.4 Å². The first-order valence-corrected chi connectivity index (χ1v) is 8.50. The summed E-state index contributed by atoms with van der Waals surface area (Å²) in [5.74, 6) is 1.02. The lowest BCUT2D eigenvalue weighted by Crippen LogP contribution is -2.35. The van der Waals surface area contributed by atoms with Crippen LogP contribution in [0.5, 0.6) is 0 Å². The van der Waals surface area contributed by atoms with Gasteiger partial charge in [-0.3, -0.25) is 4.79 Å². The third kappa shape index (κ3) is 3.65. The molecular formula is C19H22N4O. The van der Waals surface area contributed by atoms with Crippen LogP contribution in [0.2, 0.25) is 0 Å². The normalized spacial score (nSPS) is 14.0. The molecule has 1 fully saturated rings. The topological polar surface area (TPSA) is 77.8 Å². The highest BCUT2D eigenvalue weighted by Crippen LogP contribution is 2.26. The van der Waals surface area contributed by atoms with E-state index >= 15 is 0 Å². The van der Waals surface area contributed by atoms with E-state index in [2.05, 4.69) is 21.7 Å². The Labute approximate surface area is 142 Å². The van der Waals surface area contributed by atoms with Crippen LogP contribution in [0.4, 0.5) is 5.82 Å². The molecule has 0 atom stereocenters. The second-order valence-corrected chi connectivity index (χ2v) is 6.39. The zero-order chi connectivity index (χ0) is 16.9. The van der Waals surface area contributed by atoms with Gasteiger partial charge in [0.15, 0.2) is 0 Å². The van der Waals surface area contributed by atoms with Crippen molar-refractivity contribution in [2.24, 2.45) is 5.92 Å². The number of anilines is 1. The Hall–Kier alpha value is -2.61. The monoisotopic (exact) mass is 322 g/mol. The van der Waals surface area contributed by atoms with Gasteiger partial charge in [-0.05, 0) is 44.4 Å². The number of aryl methyl sites for hydroxylation is 1. The summed E-state index contributed by atoms with van der Waals surface area (Å²) in [7, 11) is 0. The Bertz CT molecular complexity index is 790. The largest absolute Gasteiger partial charge is 0.369 e. The molecule has 5 nitrogen and oxygen atoms in total. The predicted molar refractivity (Wildman–Crippen MR) is 94.7 cm³/mol. The number of benzene rings is 1. The van der Waals surface area contributed by atoms with Gasteiger partial charge in [0.2, 0.25) is 5.91 Å².